The number of rotatable bonds is 6. The molecule has 2 aromatic carbocycles. The van der Waals surface area contributed by atoms with Gasteiger partial charge >= 0.3 is 6.18 Å². The number of methoxy groups -OCH3 is 1. The zero-order valence-electron chi connectivity index (χ0n) is 19.4. The molecule has 4 aromatic rings. The topological polar surface area (TPSA) is 80.2 Å². The van der Waals surface area contributed by atoms with Crippen molar-refractivity contribution in [1.82, 2.24) is 15.0 Å². The first-order chi connectivity index (χ1) is 16.4. The summed E-state index contributed by atoms with van der Waals surface area (Å²) in [5.41, 5.74) is 0.622. The van der Waals surface area contributed by atoms with Gasteiger partial charge in [0.2, 0.25) is 5.95 Å². The van der Waals surface area contributed by atoms with Crippen LogP contribution in [-0.2, 0) is 11.8 Å². The number of nitrogens with one attached hydrogen (secondary N) is 1. The Morgan fingerprint density at radius 2 is 1.71 bits per heavy atom. The number of hydrogen-bond acceptors (Lipinski definition) is 7. The molecule has 2 heterocycles. The number of thiazole rings is 1. The lowest BCUT2D eigenvalue weighted by Crippen LogP contribution is -2.19. The van der Waals surface area contributed by atoms with Crippen molar-refractivity contribution >= 4 is 23.0 Å². The Labute approximate surface area is 204 Å². The zero-order valence-corrected chi connectivity index (χ0v) is 20.3. The molecule has 2 N–H and O–H groups in total. The van der Waals surface area contributed by atoms with Gasteiger partial charge in [-0.3, -0.25) is 0 Å². The molecule has 0 aliphatic carbocycles. The van der Waals surface area contributed by atoms with E-state index in [1.165, 1.54) is 12.1 Å². The van der Waals surface area contributed by atoms with E-state index in [9.17, 15) is 18.3 Å². The summed E-state index contributed by atoms with van der Waals surface area (Å²) in [7, 11) is 1.57. The SMILES string of the molecule is COc1cc(Nc2nc(-c3ccc(C(F)(F)F)cc3)cc(C(C)(C)O)n2)ccc1-c1cnc(C)s1. The molecule has 0 saturated carbocycles. The number of hydrogen-bond donors (Lipinski definition) is 2. The highest BCUT2D eigenvalue weighted by molar-refractivity contribution is 7.15. The lowest BCUT2D eigenvalue weighted by Gasteiger charge is -2.19. The molecule has 0 unspecified atom stereocenters. The van der Waals surface area contributed by atoms with Crippen molar-refractivity contribution in [3.8, 4) is 27.4 Å². The molecule has 6 nitrogen and oxygen atoms in total. The average Bonchev–Trinajstić information content (AvgIpc) is 3.23. The number of benzene rings is 2. The summed E-state index contributed by atoms with van der Waals surface area (Å²) < 4.78 is 44.5. The minimum Gasteiger partial charge on any atom is -0.496 e. The van der Waals surface area contributed by atoms with Crippen molar-refractivity contribution in [2.75, 3.05) is 12.4 Å². The minimum absolute atomic E-state index is 0.183. The number of aromatic nitrogens is 3. The van der Waals surface area contributed by atoms with Gasteiger partial charge in [-0.1, -0.05) is 12.1 Å². The van der Waals surface area contributed by atoms with Crippen molar-refractivity contribution in [3.05, 3.63) is 71.0 Å². The number of aryl methyl sites for hydroxylation is 1. The Morgan fingerprint density at radius 1 is 1.00 bits per heavy atom. The van der Waals surface area contributed by atoms with Gasteiger partial charge in [-0.15, -0.1) is 11.3 Å². The highest BCUT2D eigenvalue weighted by Crippen LogP contribution is 2.36. The number of nitrogens with zero attached hydrogens (tertiary/aromatic N) is 3. The summed E-state index contributed by atoms with van der Waals surface area (Å²) in [6, 6.07) is 11.8. The molecule has 4 rings (SSSR count). The lowest BCUT2D eigenvalue weighted by molar-refractivity contribution is -0.137. The van der Waals surface area contributed by atoms with Gasteiger partial charge < -0.3 is 15.2 Å². The molecular weight excluding hydrogens is 477 g/mol. The van der Waals surface area contributed by atoms with Crippen molar-refractivity contribution < 1.29 is 23.0 Å². The summed E-state index contributed by atoms with van der Waals surface area (Å²) in [5.74, 6) is 0.809. The van der Waals surface area contributed by atoms with E-state index in [0.717, 1.165) is 27.6 Å². The van der Waals surface area contributed by atoms with Crippen LogP contribution in [0.1, 0.15) is 30.1 Å². The first kappa shape index (κ1) is 24.6. The van der Waals surface area contributed by atoms with Gasteiger partial charge in [-0.2, -0.15) is 13.2 Å². The fraction of sp³-hybridized carbons (Fsp3) is 0.240. The maximum absolute atomic E-state index is 13.0. The Bertz CT molecular complexity index is 1350. The molecule has 0 spiro atoms. The number of aliphatic hydroxyl groups is 1. The van der Waals surface area contributed by atoms with Crippen LogP contribution in [0, 0.1) is 6.92 Å². The standard InChI is InChI=1S/C25H23F3N4O2S/c1-14-29-13-21(35-14)18-10-9-17(11-20(18)34-4)30-23-31-19(12-22(32-23)24(2,3)33)15-5-7-16(8-6-15)25(26,27)28/h5-13,33H,1-4H3,(H,30,31,32). The third kappa shape index (κ3) is 5.60. The van der Waals surface area contributed by atoms with Gasteiger partial charge in [0, 0.05) is 29.1 Å². The predicted octanol–water partition coefficient (Wildman–Crippen LogP) is 6.57. The van der Waals surface area contributed by atoms with E-state index in [1.54, 1.807) is 50.6 Å². The van der Waals surface area contributed by atoms with Crippen LogP contribution in [0.15, 0.2) is 54.7 Å². The molecule has 0 radical (unpaired) electrons. The first-order valence-electron chi connectivity index (χ1n) is 10.6. The fourth-order valence-corrected chi connectivity index (χ4v) is 4.19. The van der Waals surface area contributed by atoms with Gasteiger partial charge in [-0.05, 0) is 51.1 Å². The minimum atomic E-state index is -4.43. The summed E-state index contributed by atoms with van der Waals surface area (Å²) in [4.78, 5) is 14.2. The van der Waals surface area contributed by atoms with Crippen molar-refractivity contribution in [2.45, 2.75) is 32.5 Å². The molecular formula is C25H23F3N4O2S. The van der Waals surface area contributed by atoms with E-state index in [2.05, 4.69) is 20.3 Å². The molecule has 10 heteroatoms. The van der Waals surface area contributed by atoms with Crippen molar-refractivity contribution in [3.63, 3.8) is 0 Å². The normalized spacial score (nSPS) is 12.0. The quantitative estimate of drug-likeness (QED) is 0.312. The molecule has 35 heavy (non-hydrogen) atoms. The molecule has 0 aliphatic rings. The smallest absolute Gasteiger partial charge is 0.416 e. The van der Waals surface area contributed by atoms with Crippen LogP contribution >= 0.6 is 11.3 Å². The van der Waals surface area contributed by atoms with E-state index in [4.69, 9.17) is 4.74 Å². The van der Waals surface area contributed by atoms with E-state index in [1.807, 2.05) is 19.1 Å². The number of halogens is 3. The molecule has 0 saturated heterocycles. The Morgan fingerprint density at radius 3 is 2.29 bits per heavy atom. The highest BCUT2D eigenvalue weighted by Gasteiger charge is 2.30. The Balaban J connectivity index is 1.70. The fourth-order valence-electron chi connectivity index (χ4n) is 3.38. The largest absolute Gasteiger partial charge is 0.496 e. The second kappa shape index (κ2) is 9.27. The second-order valence-electron chi connectivity index (χ2n) is 8.38. The van der Waals surface area contributed by atoms with Gasteiger partial charge in [-0.25, -0.2) is 15.0 Å². The molecule has 2 aromatic heterocycles. The maximum atomic E-state index is 13.0. The van der Waals surface area contributed by atoms with Crippen LogP contribution in [0.3, 0.4) is 0 Å². The lowest BCUT2D eigenvalue weighted by atomic mass is 10.0. The van der Waals surface area contributed by atoms with E-state index < -0.39 is 17.3 Å². The zero-order chi connectivity index (χ0) is 25.4. The van der Waals surface area contributed by atoms with E-state index >= 15 is 0 Å². The third-order valence-corrected chi connectivity index (χ3v) is 6.15. The summed E-state index contributed by atoms with van der Waals surface area (Å²) >= 11 is 1.55. The average molecular weight is 501 g/mol. The maximum Gasteiger partial charge on any atom is 0.416 e. The third-order valence-electron chi connectivity index (χ3n) is 5.21. The number of anilines is 2. The summed E-state index contributed by atoms with van der Waals surface area (Å²) in [5, 5.41) is 14.6. The van der Waals surface area contributed by atoms with Crippen LogP contribution in [-0.4, -0.2) is 27.2 Å². The van der Waals surface area contributed by atoms with Crippen molar-refractivity contribution in [2.24, 2.45) is 0 Å². The van der Waals surface area contributed by atoms with Crippen LogP contribution in [0.25, 0.3) is 21.7 Å². The monoisotopic (exact) mass is 500 g/mol. The van der Waals surface area contributed by atoms with Crippen LogP contribution < -0.4 is 10.1 Å². The Hall–Kier alpha value is -3.50. The summed E-state index contributed by atoms with van der Waals surface area (Å²) in [6.45, 7) is 5.08. The van der Waals surface area contributed by atoms with E-state index in [0.29, 0.717) is 28.4 Å². The summed E-state index contributed by atoms with van der Waals surface area (Å²) in [6.07, 6.45) is -2.64. The van der Waals surface area contributed by atoms with Gasteiger partial charge in [0.05, 0.1) is 33.9 Å². The molecule has 182 valence electrons. The van der Waals surface area contributed by atoms with E-state index in [-0.39, 0.29) is 5.95 Å². The molecule has 0 amide bonds. The second-order valence-corrected chi connectivity index (χ2v) is 9.61. The molecule has 0 bridgehead atoms. The van der Waals surface area contributed by atoms with Crippen LogP contribution in [0.2, 0.25) is 0 Å². The van der Waals surface area contributed by atoms with Crippen molar-refractivity contribution in [1.29, 1.82) is 0 Å². The van der Waals surface area contributed by atoms with Crippen LogP contribution in [0.4, 0.5) is 24.8 Å². The van der Waals surface area contributed by atoms with Gasteiger partial charge in [0.25, 0.3) is 0 Å². The molecule has 0 aliphatic heterocycles. The van der Waals surface area contributed by atoms with Crippen LogP contribution in [0.5, 0.6) is 5.75 Å². The number of alkyl halides is 3. The van der Waals surface area contributed by atoms with Gasteiger partial charge in [0.15, 0.2) is 0 Å². The molecule has 0 fully saturated rings. The van der Waals surface area contributed by atoms with Gasteiger partial charge in [0.1, 0.15) is 11.4 Å². The Kier molecular flexibility index (Phi) is 6.52. The predicted molar refractivity (Wildman–Crippen MR) is 130 cm³/mol. The number of ether oxygens (including phenoxy) is 1. The highest BCUT2D eigenvalue weighted by atomic mass is 32.1. The molecule has 0 atom stereocenters. The first-order valence-corrected chi connectivity index (χ1v) is 11.4.